The number of ether oxygens (including phenoxy) is 1. The average molecular weight is 492 g/mol. The summed E-state index contributed by atoms with van der Waals surface area (Å²) in [7, 11) is 0. The number of hydroxylamine groups is 1. The van der Waals surface area contributed by atoms with Crippen LogP contribution in [0.15, 0.2) is 54.6 Å². The van der Waals surface area contributed by atoms with E-state index in [9.17, 15) is 28.0 Å². The van der Waals surface area contributed by atoms with Crippen LogP contribution in [-0.4, -0.2) is 54.2 Å². The van der Waals surface area contributed by atoms with Gasteiger partial charge in [-0.3, -0.25) is 14.8 Å². The fourth-order valence-corrected chi connectivity index (χ4v) is 4.90. The molecule has 1 aliphatic heterocycles. The molecule has 0 bridgehead atoms. The van der Waals surface area contributed by atoms with Crippen molar-refractivity contribution in [3.8, 4) is 5.75 Å². The molecule has 1 heterocycles. The quantitative estimate of drug-likeness (QED) is 0.492. The molecule has 7 nitrogen and oxygen atoms in total. The van der Waals surface area contributed by atoms with Gasteiger partial charge in [-0.15, -0.1) is 0 Å². The highest BCUT2D eigenvalue weighted by atomic mass is 19.4. The Morgan fingerprint density at radius 3 is 2.31 bits per heavy atom. The van der Waals surface area contributed by atoms with Gasteiger partial charge in [-0.25, -0.2) is 5.48 Å². The highest BCUT2D eigenvalue weighted by Crippen LogP contribution is 2.36. The largest absolute Gasteiger partial charge is 0.490 e. The first kappa shape index (κ1) is 24.8. The van der Waals surface area contributed by atoms with Gasteiger partial charge in [-0.1, -0.05) is 24.3 Å². The first-order valence-corrected chi connectivity index (χ1v) is 11.6. The zero-order valence-electron chi connectivity index (χ0n) is 19.1. The Labute approximate surface area is 201 Å². The van der Waals surface area contributed by atoms with E-state index in [1.165, 1.54) is 12.1 Å². The van der Waals surface area contributed by atoms with Crippen molar-refractivity contribution in [1.82, 2.24) is 10.4 Å². The lowest BCUT2D eigenvalue weighted by molar-refractivity contribution is -0.148. The molecular weight excluding hydrogens is 463 g/mol. The van der Waals surface area contributed by atoms with Crippen LogP contribution in [0, 0.1) is 11.8 Å². The second-order valence-electron chi connectivity index (χ2n) is 8.92. The summed E-state index contributed by atoms with van der Waals surface area (Å²) in [6.45, 7) is 2.37. The monoisotopic (exact) mass is 491 g/mol. The molecule has 1 saturated carbocycles. The normalized spacial score (nSPS) is 23.0. The number of rotatable bonds is 5. The fourth-order valence-electron chi connectivity index (χ4n) is 4.90. The second-order valence-corrected chi connectivity index (χ2v) is 8.92. The SMILES string of the molecule is O=C(NO)C1CC(Oc2cccc(C(F)(F)F)c2)CCC1C(=O)N1CCN(c2ccccc2)CC1. The Morgan fingerprint density at radius 2 is 1.66 bits per heavy atom. The molecule has 2 N–H and O–H groups in total. The fraction of sp³-hybridized carbons (Fsp3) is 0.440. The highest BCUT2D eigenvalue weighted by molar-refractivity contribution is 5.87. The van der Waals surface area contributed by atoms with Crippen LogP contribution in [-0.2, 0) is 15.8 Å². The van der Waals surface area contributed by atoms with E-state index in [1.54, 1.807) is 10.4 Å². The molecule has 0 radical (unpaired) electrons. The predicted molar refractivity (Wildman–Crippen MR) is 122 cm³/mol. The molecule has 10 heteroatoms. The van der Waals surface area contributed by atoms with Gasteiger partial charge >= 0.3 is 6.18 Å². The predicted octanol–water partition coefficient (Wildman–Crippen LogP) is 3.72. The standard InChI is InChI=1S/C25H28F3N3O4/c26-25(27,28)17-5-4-8-19(15-17)35-20-9-10-21(22(16-20)23(32)29-34)24(33)31-13-11-30(12-14-31)18-6-2-1-3-7-18/h1-8,15,20-22,34H,9-14,16H2,(H,29,32). The van der Waals surface area contributed by atoms with E-state index >= 15 is 0 Å². The summed E-state index contributed by atoms with van der Waals surface area (Å²) in [5.41, 5.74) is 1.91. The number of anilines is 1. The molecule has 188 valence electrons. The zero-order chi connectivity index (χ0) is 25.0. The first-order valence-electron chi connectivity index (χ1n) is 11.6. The van der Waals surface area contributed by atoms with Crippen LogP contribution >= 0.6 is 0 Å². The number of carbonyl (C=O) groups is 2. The number of hydrogen-bond acceptors (Lipinski definition) is 5. The van der Waals surface area contributed by atoms with E-state index in [2.05, 4.69) is 4.90 Å². The molecule has 3 unspecified atom stereocenters. The molecule has 0 aromatic heterocycles. The van der Waals surface area contributed by atoms with Gasteiger partial charge < -0.3 is 14.5 Å². The van der Waals surface area contributed by atoms with E-state index in [4.69, 9.17) is 4.74 Å². The van der Waals surface area contributed by atoms with Crippen LogP contribution in [0.25, 0.3) is 0 Å². The number of nitrogens with zero attached hydrogens (tertiary/aromatic N) is 2. The van der Waals surface area contributed by atoms with E-state index in [0.29, 0.717) is 39.0 Å². The van der Waals surface area contributed by atoms with Crippen molar-refractivity contribution in [2.24, 2.45) is 11.8 Å². The molecule has 1 aliphatic carbocycles. The number of hydrogen-bond donors (Lipinski definition) is 2. The number of halogens is 3. The molecule has 35 heavy (non-hydrogen) atoms. The molecule has 1 saturated heterocycles. The van der Waals surface area contributed by atoms with Gasteiger partial charge in [0.1, 0.15) is 5.75 Å². The number of para-hydroxylation sites is 1. The molecule has 2 aromatic carbocycles. The van der Waals surface area contributed by atoms with Gasteiger partial charge in [0, 0.05) is 31.9 Å². The van der Waals surface area contributed by atoms with Crippen molar-refractivity contribution in [2.75, 3.05) is 31.1 Å². The van der Waals surface area contributed by atoms with Gasteiger partial charge in [0.25, 0.3) is 0 Å². The summed E-state index contributed by atoms with van der Waals surface area (Å²) in [4.78, 5) is 29.7. The lowest BCUT2D eigenvalue weighted by Crippen LogP contribution is -2.53. The molecule has 2 amide bonds. The maximum atomic E-state index is 13.3. The van der Waals surface area contributed by atoms with E-state index in [-0.39, 0.29) is 18.1 Å². The van der Waals surface area contributed by atoms with Crippen LogP contribution < -0.4 is 15.1 Å². The third-order valence-electron chi connectivity index (χ3n) is 6.74. The summed E-state index contributed by atoms with van der Waals surface area (Å²) in [5.74, 6) is -2.27. The van der Waals surface area contributed by atoms with Gasteiger partial charge in [-0.05, 0) is 49.6 Å². The summed E-state index contributed by atoms with van der Waals surface area (Å²) in [6.07, 6.45) is -4.19. The lowest BCUT2D eigenvalue weighted by Gasteiger charge is -2.40. The van der Waals surface area contributed by atoms with Gasteiger partial charge in [-0.2, -0.15) is 13.2 Å². The average Bonchev–Trinajstić information content (AvgIpc) is 2.88. The number of piperazine rings is 1. The third-order valence-corrected chi connectivity index (χ3v) is 6.74. The minimum absolute atomic E-state index is 0.0507. The minimum atomic E-state index is -4.49. The van der Waals surface area contributed by atoms with E-state index < -0.39 is 35.6 Å². The van der Waals surface area contributed by atoms with Crippen LogP contribution in [0.2, 0.25) is 0 Å². The first-order chi connectivity index (χ1) is 16.8. The Balaban J connectivity index is 1.39. The number of alkyl halides is 3. The van der Waals surface area contributed by atoms with Crippen LogP contribution in [0.3, 0.4) is 0 Å². The van der Waals surface area contributed by atoms with E-state index in [0.717, 1.165) is 17.8 Å². The van der Waals surface area contributed by atoms with E-state index in [1.807, 2.05) is 30.3 Å². The Bertz CT molecular complexity index is 1030. The Hall–Kier alpha value is -3.27. The Kier molecular flexibility index (Phi) is 7.49. The maximum Gasteiger partial charge on any atom is 0.416 e. The second kappa shape index (κ2) is 10.6. The summed E-state index contributed by atoms with van der Waals surface area (Å²) in [5, 5.41) is 9.26. The summed E-state index contributed by atoms with van der Waals surface area (Å²) < 4.78 is 44.8. The van der Waals surface area contributed by atoms with Gasteiger partial charge in [0.15, 0.2) is 0 Å². The van der Waals surface area contributed by atoms with Crippen LogP contribution in [0.1, 0.15) is 24.8 Å². The van der Waals surface area contributed by atoms with Crippen molar-refractivity contribution in [3.05, 3.63) is 60.2 Å². The molecule has 4 rings (SSSR count). The van der Waals surface area contributed by atoms with Gasteiger partial charge in [0.05, 0.1) is 23.5 Å². The molecule has 0 spiro atoms. The molecular formula is C25H28F3N3O4. The topological polar surface area (TPSA) is 82.1 Å². The number of benzene rings is 2. The zero-order valence-corrected chi connectivity index (χ0v) is 19.1. The third kappa shape index (κ3) is 5.87. The Morgan fingerprint density at radius 1 is 0.943 bits per heavy atom. The lowest BCUT2D eigenvalue weighted by atomic mass is 9.76. The maximum absolute atomic E-state index is 13.3. The van der Waals surface area contributed by atoms with Crippen molar-refractivity contribution < 1.29 is 32.7 Å². The number of carbonyl (C=O) groups excluding carboxylic acids is 2. The molecule has 2 aliphatic rings. The van der Waals surface area contributed by atoms with Crippen molar-refractivity contribution in [3.63, 3.8) is 0 Å². The van der Waals surface area contributed by atoms with Gasteiger partial charge in [0.2, 0.25) is 11.8 Å². The molecule has 2 aromatic rings. The van der Waals surface area contributed by atoms with Crippen LogP contribution in [0.5, 0.6) is 5.75 Å². The number of nitrogens with one attached hydrogen (secondary N) is 1. The summed E-state index contributed by atoms with van der Waals surface area (Å²) in [6, 6.07) is 14.5. The molecule has 2 fully saturated rings. The van der Waals surface area contributed by atoms with Crippen molar-refractivity contribution in [1.29, 1.82) is 0 Å². The van der Waals surface area contributed by atoms with Crippen LogP contribution in [0.4, 0.5) is 18.9 Å². The number of amides is 2. The summed E-state index contributed by atoms with van der Waals surface area (Å²) >= 11 is 0. The highest BCUT2D eigenvalue weighted by Gasteiger charge is 2.42. The van der Waals surface area contributed by atoms with Crippen molar-refractivity contribution >= 4 is 17.5 Å². The molecule has 3 atom stereocenters. The smallest absolute Gasteiger partial charge is 0.416 e. The van der Waals surface area contributed by atoms with Crippen molar-refractivity contribution in [2.45, 2.75) is 31.5 Å². The minimum Gasteiger partial charge on any atom is -0.490 e.